The van der Waals surface area contributed by atoms with Crippen LogP contribution in [0.25, 0.3) is 11.1 Å². The van der Waals surface area contributed by atoms with Gasteiger partial charge in [0.2, 0.25) is 0 Å². The van der Waals surface area contributed by atoms with Gasteiger partial charge in [-0.25, -0.2) is 0 Å². The van der Waals surface area contributed by atoms with Gasteiger partial charge >= 0.3 is 0 Å². The Balaban J connectivity index is 1.57. The molecule has 3 heteroatoms. The Morgan fingerprint density at radius 2 is 1.62 bits per heavy atom. The van der Waals surface area contributed by atoms with E-state index in [0.29, 0.717) is 0 Å². The average molecular weight is 279 g/mol. The molecule has 2 aliphatic rings. The summed E-state index contributed by atoms with van der Waals surface area (Å²) in [4.78, 5) is 9.44. The maximum Gasteiger partial charge on any atom is 0.0559 e. The van der Waals surface area contributed by atoms with Crippen LogP contribution in [-0.2, 0) is 0 Å². The van der Waals surface area contributed by atoms with Gasteiger partial charge < -0.3 is 9.80 Å². The van der Waals surface area contributed by atoms with E-state index in [1.165, 1.54) is 43.0 Å². The minimum absolute atomic E-state index is 0.829. The zero-order valence-electron chi connectivity index (χ0n) is 12.4. The summed E-state index contributed by atoms with van der Waals surface area (Å²) in [5.41, 5.74) is 3.72. The summed E-state index contributed by atoms with van der Waals surface area (Å²) in [6.45, 7) is 4.84. The van der Waals surface area contributed by atoms with E-state index >= 15 is 0 Å². The number of rotatable bonds is 2. The molecule has 2 aliphatic heterocycles. The Labute approximate surface area is 126 Å². The zero-order chi connectivity index (χ0) is 14.2. The van der Waals surface area contributed by atoms with Crippen LogP contribution in [0.15, 0.2) is 48.8 Å². The van der Waals surface area contributed by atoms with E-state index in [-0.39, 0.29) is 0 Å². The van der Waals surface area contributed by atoms with Crippen LogP contribution in [0, 0.1) is 11.8 Å². The molecule has 21 heavy (non-hydrogen) atoms. The number of benzene rings is 1. The number of nitrogens with zero attached hydrogens (tertiary/aromatic N) is 3. The molecule has 1 aromatic heterocycles. The van der Waals surface area contributed by atoms with Crippen LogP contribution in [-0.4, -0.2) is 43.1 Å². The van der Waals surface area contributed by atoms with Crippen molar-refractivity contribution in [2.24, 2.45) is 11.8 Å². The Kier molecular flexibility index (Phi) is 3.15. The van der Waals surface area contributed by atoms with Gasteiger partial charge in [0.15, 0.2) is 0 Å². The summed E-state index contributed by atoms with van der Waals surface area (Å²) >= 11 is 0. The number of likely N-dealkylation sites (tertiary alicyclic amines) is 1. The van der Waals surface area contributed by atoms with Crippen molar-refractivity contribution in [1.29, 1.82) is 0 Å². The van der Waals surface area contributed by atoms with Gasteiger partial charge in [-0.3, -0.25) is 4.98 Å². The normalized spacial score (nSPS) is 25.3. The van der Waals surface area contributed by atoms with Gasteiger partial charge in [-0.1, -0.05) is 30.3 Å². The molecule has 108 valence electrons. The van der Waals surface area contributed by atoms with Gasteiger partial charge in [-0.05, 0) is 30.5 Å². The highest BCUT2D eigenvalue weighted by Gasteiger charge is 2.38. The molecule has 0 saturated carbocycles. The smallest absolute Gasteiger partial charge is 0.0559 e. The summed E-state index contributed by atoms with van der Waals surface area (Å²) in [5, 5.41) is 0. The SMILES string of the molecule is CN1C[C@@H]2CN(c3cncc(-c4ccccc4)c3)C[C@@H]2C1. The van der Waals surface area contributed by atoms with Crippen LogP contribution in [0.1, 0.15) is 0 Å². The summed E-state index contributed by atoms with van der Waals surface area (Å²) in [7, 11) is 2.24. The van der Waals surface area contributed by atoms with Crippen molar-refractivity contribution < 1.29 is 0 Å². The maximum absolute atomic E-state index is 4.46. The zero-order valence-corrected chi connectivity index (χ0v) is 12.4. The fraction of sp³-hybridized carbons (Fsp3) is 0.389. The highest BCUT2D eigenvalue weighted by atomic mass is 15.2. The number of aromatic nitrogens is 1. The van der Waals surface area contributed by atoms with Crippen molar-refractivity contribution >= 4 is 5.69 Å². The second kappa shape index (κ2) is 5.15. The van der Waals surface area contributed by atoms with E-state index in [1.54, 1.807) is 0 Å². The number of fused-ring (bicyclic) bond motifs is 1. The number of anilines is 1. The van der Waals surface area contributed by atoms with Gasteiger partial charge in [0.25, 0.3) is 0 Å². The summed E-state index contributed by atoms with van der Waals surface area (Å²) < 4.78 is 0. The van der Waals surface area contributed by atoms with E-state index in [4.69, 9.17) is 0 Å². The second-order valence-electron chi connectivity index (χ2n) is 6.44. The molecule has 0 radical (unpaired) electrons. The molecular formula is C18H21N3. The first-order valence-electron chi connectivity index (χ1n) is 7.73. The van der Waals surface area contributed by atoms with Crippen LogP contribution < -0.4 is 4.90 Å². The molecule has 0 aliphatic carbocycles. The molecule has 0 amide bonds. The first-order valence-corrected chi connectivity index (χ1v) is 7.73. The predicted octanol–water partition coefficient (Wildman–Crippen LogP) is 2.75. The molecule has 3 heterocycles. The van der Waals surface area contributed by atoms with Gasteiger partial charge in [0.1, 0.15) is 0 Å². The third-order valence-corrected chi connectivity index (χ3v) is 4.86. The van der Waals surface area contributed by atoms with Crippen molar-refractivity contribution in [2.45, 2.75) is 0 Å². The predicted molar refractivity (Wildman–Crippen MR) is 86.4 cm³/mol. The van der Waals surface area contributed by atoms with Crippen LogP contribution in [0.5, 0.6) is 0 Å². The lowest BCUT2D eigenvalue weighted by Gasteiger charge is -2.21. The lowest BCUT2D eigenvalue weighted by molar-refractivity contribution is 0.387. The fourth-order valence-corrected chi connectivity index (χ4v) is 3.83. The number of hydrogen-bond acceptors (Lipinski definition) is 3. The highest BCUT2D eigenvalue weighted by Crippen LogP contribution is 2.34. The Bertz CT molecular complexity index is 611. The second-order valence-corrected chi connectivity index (χ2v) is 6.44. The monoisotopic (exact) mass is 279 g/mol. The molecule has 1 aromatic carbocycles. The van der Waals surface area contributed by atoms with E-state index in [2.05, 4.69) is 58.2 Å². The van der Waals surface area contributed by atoms with Crippen molar-refractivity contribution in [3.63, 3.8) is 0 Å². The van der Waals surface area contributed by atoms with E-state index in [1.807, 2.05) is 12.4 Å². The average Bonchev–Trinajstić information content (AvgIpc) is 3.06. The summed E-state index contributed by atoms with van der Waals surface area (Å²) in [5.74, 6) is 1.66. The molecule has 3 nitrogen and oxygen atoms in total. The summed E-state index contributed by atoms with van der Waals surface area (Å²) in [6, 6.07) is 12.8. The molecule has 4 rings (SSSR count). The molecular weight excluding hydrogens is 258 g/mol. The standard InChI is InChI=1S/C18H21N3/c1-20-10-16-12-21(13-17(16)11-20)18-7-15(8-19-9-18)14-5-3-2-4-6-14/h2-9,16-17H,10-13H2,1H3/t16-,17+. The molecule has 2 saturated heterocycles. The molecule has 2 atom stereocenters. The molecule has 0 bridgehead atoms. The lowest BCUT2D eigenvalue weighted by Crippen LogP contribution is -2.26. The Morgan fingerprint density at radius 3 is 2.33 bits per heavy atom. The third-order valence-electron chi connectivity index (χ3n) is 4.86. The molecule has 2 fully saturated rings. The quantitative estimate of drug-likeness (QED) is 0.842. The third kappa shape index (κ3) is 2.42. The van der Waals surface area contributed by atoms with E-state index in [9.17, 15) is 0 Å². The van der Waals surface area contributed by atoms with Gasteiger partial charge in [0.05, 0.1) is 11.9 Å². The van der Waals surface area contributed by atoms with Crippen molar-refractivity contribution in [3.05, 3.63) is 48.8 Å². The van der Waals surface area contributed by atoms with Gasteiger partial charge in [-0.2, -0.15) is 0 Å². The fourth-order valence-electron chi connectivity index (χ4n) is 3.83. The van der Waals surface area contributed by atoms with E-state index in [0.717, 1.165) is 11.8 Å². The van der Waals surface area contributed by atoms with Gasteiger partial charge in [-0.15, -0.1) is 0 Å². The molecule has 2 aromatic rings. The van der Waals surface area contributed by atoms with Crippen molar-refractivity contribution in [1.82, 2.24) is 9.88 Å². The first kappa shape index (κ1) is 12.8. The van der Waals surface area contributed by atoms with Crippen LogP contribution in [0.4, 0.5) is 5.69 Å². The molecule has 0 N–H and O–H groups in total. The number of pyridine rings is 1. The summed E-state index contributed by atoms with van der Waals surface area (Å²) in [6.07, 6.45) is 3.97. The topological polar surface area (TPSA) is 19.4 Å². The molecule has 0 spiro atoms. The van der Waals surface area contributed by atoms with Gasteiger partial charge in [0, 0.05) is 37.9 Å². The largest absolute Gasteiger partial charge is 0.370 e. The Hall–Kier alpha value is -1.87. The number of hydrogen-bond donors (Lipinski definition) is 0. The first-order chi connectivity index (χ1) is 10.3. The van der Waals surface area contributed by atoms with Crippen LogP contribution >= 0.6 is 0 Å². The van der Waals surface area contributed by atoms with Crippen LogP contribution in [0.3, 0.4) is 0 Å². The highest BCUT2D eigenvalue weighted by molar-refractivity contribution is 5.67. The van der Waals surface area contributed by atoms with Crippen molar-refractivity contribution in [3.8, 4) is 11.1 Å². The lowest BCUT2D eigenvalue weighted by atomic mass is 10.0. The minimum atomic E-state index is 0.829. The minimum Gasteiger partial charge on any atom is -0.370 e. The molecule has 0 unspecified atom stereocenters. The maximum atomic E-state index is 4.46. The van der Waals surface area contributed by atoms with E-state index < -0.39 is 0 Å². The Morgan fingerprint density at radius 1 is 0.905 bits per heavy atom. The van der Waals surface area contributed by atoms with Crippen LogP contribution in [0.2, 0.25) is 0 Å². The van der Waals surface area contributed by atoms with Crippen molar-refractivity contribution in [2.75, 3.05) is 38.1 Å².